The van der Waals surface area contributed by atoms with Crippen LogP contribution in [-0.4, -0.2) is 37.2 Å². The van der Waals surface area contributed by atoms with E-state index < -0.39 is 0 Å². The molecule has 1 N–H and O–H groups in total. The molecule has 1 aromatic carbocycles. The number of morpholine rings is 1. The van der Waals surface area contributed by atoms with Crippen molar-refractivity contribution in [3.8, 4) is 5.75 Å². The Morgan fingerprint density at radius 2 is 2.12 bits per heavy atom. The fraction of sp³-hybridized carbons (Fsp3) is 0.389. The average Bonchev–Trinajstić information content (AvgIpc) is 3.22. The molecule has 2 aliphatic rings. The topological polar surface area (TPSA) is 63.9 Å². The molecule has 126 valence electrons. The maximum absolute atomic E-state index is 12.6. The smallest absolute Gasteiger partial charge is 0.318 e. The standard InChI is InChI=1S/C18H20N2O4/c1-12-6-7-16(24-12)17-10-20(8-9-22-17)18(21)19-14-11-23-15-5-3-2-4-13(14)15/h2-7,14,17H,8-11H2,1H3,(H,19,21)/t14-,17+/m1/s1. The van der Waals surface area contributed by atoms with Crippen LogP contribution in [0.25, 0.3) is 0 Å². The number of urea groups is 1. The number of carbonyl (C=O) groups excluding carboxylic acids is 1. The second-order valence-corrected chi connectivity index (χ2v) is 6.10. The van der Waals surface area contributed by atoms with Gasteiger partial charge in [-0.25, -0.2) is 4.79 Å². The molecule has 4 rings (SSSR count). The van der Waals surface area contributed by atoms with Gasteiger partial charge < -0.3 is 24.1 Å². The van der Waals surface area contributed by atoms with Gasteiger partial charge in [-0.2, -0.15) is 0 Å². The molecule has 24 heavy (non-hydrogen) atoms. The van der Waals surface area contributed by atoms with Gasteiger partial charge in [-0.1, -0.05) is 18.2 Å². The molecular weight excluding hydrogens is 308 g/mol. The van der Waals surface area contributed by atoms with E-state index in [1.54, 1.807) is 4.90 Å². The van der Waals surface area contributed by atoms with E-state index in [4.69, 9.17) is 13.9 Å². The number of hydrogen-bond donors (Lipinski definition) is 1. The number of amides is 2. The van der Waals surface area contributed by atoms with Crippen LogP contribution in [0.1, 0.15) is 29.2 Å². The number of aryl methyl sites for hydroxylation is 1. The predicted octanol–water partition coefficient (Wildman–Crippen LogP) is 2.80. The molecule has 1 saturated heterocycles. The van der Waals surface area contributed by atoms with Crippen molar-refractivity contribution in [1.29, 1.82) is 0 Å². The highest BCUT2D eigenvalue weighted by Crippen LogP contribution is 2.32. The average molecular weight is 328 g/mol. The first-order chi connectivity index (χ1) is 11.7. The molecule has 0 spiro atoms. The highest BCUT2D eigenvalue weighted by atomic mass is 16.5. The predicted molar refractivity (Wildman–Crippen MR) is 86.9 cm³/mol. The largest absolute Gasteiger partial charge is 0.491 e. The van der Waals surface area contributed by atoms with E-state index in [-0.39, 0.29) is 18.2 Å². The molecule has 2 atom stereocenters. The molecule has 3 heterocycles. The van der Waals surface area contributed by atoms with Gasteiger partial charge in [0.05, 0.1) is 19.2 Å². The van der Waals surface area contributed by atoms with Gasteiger partial charge in [0, 0.05) is 12.1 Å². The van der Waals surface area contributed by atoms with Gasteiger partial charge in [-0.3, -0.25) is 0 Å². The Balaban J connectivity index is 1.41. The van der Waals surface area contributed by atoms with Crippen molar-refractivity contribution in [2.24, 2.45) is 0 Å². The number of para-hydroxylation sites is 1. The van der Waals surface area contributed by atoms with Gasteiger partial charge in [0.25, 0.3) is 0 Å². The Morgan fingerprint density at radius 3 is 2.96 bits per heavy atom. The lowest BCUT2D eigenvalue weighted by Crippen LogP contribution is -2.48. The monoisotopic (exact) mass is 328 g/mol. The van der Waals surface area contributed by atoms with E-state index >= 15 is 0 Å². The molecule has 6 heteroatoms. The van der Waals surface area contributed by atoms with Crippen LogP contribution in [0, 0.1) is 6.92 Å². The number of furan rings is 1. The fourth-order valence-electron chi connectivity index (χ4n) is 3.15. The van der Waals surface area contributed by atoms with Crippen LogP contribution in [0.4, 0.5) is 4.79 Å². The maximum Gasteiger partial charge on any atom is 0.318 e. The van der Waals surface area contributed by atoms with Crippen molar-refractivity contribution < 1.29 is 18.7 Å². The third-order valence-electron chi connectivity index (χ3n) is 4.43. The molecule has 0 saturated carbocycles. The van der Waals surface area contributed by atoms with Gasteiger partial charge in [-0.05, 0) is 25.1 Å². The van der Waals surface area contributed by atoms with E-state index in [0.29, 0.717) is 26.3 Å². The number of hydrogen-bond acceptors (Lipinski definition) is 4. The first-order valence-corrected chi connectivity index (χ1v) is 8.16. The van der Waals surface area contributed by atoms with Crippen LogP contribution >= 0.6 is 0 Å². The second kappa shape index (κ2) is 6.20. The summed E-state index contributed by atoms with van der Waals surface area (Å²) in [6.45, 7) is 3.91. The van der Waals surface area contributed by atoms with Crippen molar-refractivity contribution in [2.45, 2.75) is 19.1 Å². The number of nitrogens with one attached hydrogen (secondary N) is 1. The minimum Gasteiger partial charge on any atom is -0.491 e. The van der Waals surface area contributed by atoms with Crippen molar-refractivity contribution in [1.82, 2.24) is 10.2 Å². The highest BCUT2D eigenvalue weighted by molar-refractivity contribution is 5.75. The molecule has 0 bridgehead atoms. The lowest BCUT2D eigenvalue weighted by molar-refractivity contribution is -0.0267. The first kappa shape index (κ1) is 15.1. The number of fused-ring (bicyclic) bond motifs is 1. The van der Waals surface area contributed by atoms with Gasteiger partial charge in [0.15, 0.2) is 0 Å². The van der Waals surface area contributed by atoms with Crippen LogP contribution < -0.4 is 10.1 Å². The first-order valence-electron chi connectivity index (χ1n) is 8.16. The zero-order valence-electron chi connectivity index (χ0n) is 13.5. The summed E-state index contributed by atoms with van der Waals surface area (Å²) in [7, 11) is 0. The molecule has 6 nitrogen and oxygen atoms in total. The Labute approximate surface area is 140 Å². The van der Waals surface area contributed by atoms with E-state index in [2.05, 4.69) is 5.32 Å². The van der Waals surface area contributed by atoms with Crippen molar-refractivity contribution in [3.05, 3.63) is 53.5 Å². The summed E-state index contributed by atoms with van der Waals surface area (Å²) < 4.78 is 17.0. The Bertz CT molecular complexity index is 742. The Morgan fingerprint density at radius 1 is 1.25 bits per heavy atom. The summed E-state index contributed by atoms with van der Waals surface area (Å²) >= 11 is 0. The van der Waals surface area contributed by atoms with Crippen molar-refractivity contribution >= 4 is 6.03 Å². The van der Waals surface area contributed by atoms with E-state index in [9.17, 15) is 4.79 Å². The van der Waals surface area contributed by atoms with Gasteiger partial charge in [-0.15, -0.1) is 0 Å². The minimum absolute atomic E-state index is 0.100. The van der Waals surface area contributed by atoms with E-state index in [0.717, 1.165) is 22.8 Å². The van der Waals surface area contributed by atoms with E-state index in [1.807, 2.05) is 43.3 Å². The van der Waals surface area contributed by atoms with Crippen LogP contribution in [0.15, 0.2) is 40.8 Å². The number of nitrogens with zero attached hydrogens (tertiary/aromatic N) is 1. The van der Waals surface area contributed by atoms with Gasteiger partial charge >= 0.3 is 6.03 Å². The van der Waals surface area contributed by atoms with Gasteiger partial charge in [0.2, 0.25) is 0 Å². The second-order valence-electron chi connectivity index (χ2n) is 6.10. The normalized spacial score (nSPS) is 22.8. The van der Waals surface area contributed by atoms with Crippen LogP contribution in [0.3, 0.4) is 0 Å². The fourth-order valence-corrected chi connectivity index (χ4v) is 3.15. The molecule has 2 aliphatic heterocycles. The van der Waals surface area contributed by atoms with Crippen LogP contribution in [0.5, 0.6) is 5.75 Å². The Kier molecular flexibility index (Phi) is 3.90. The third-order valence-corrected chi connectivity index (χ3v) is 4.43. The zero-order chi connectivity index (χ0) is 16.5. The summed E-state index contributed by atoms with van der Waals surface area (Å²) in [5.74, 6) is 2.45. The third kappa shape index (κ3) is 2.85. The number of ether oxygens (including phenoxy) is 2. The lowest BCUT2D eigenvalue weighted by atomic mass is 10.1. The van der Waals surface area contributed by atoms with Crippen LogP contribution in [0.2, 0.25) is 0 Å². The molecule has 0 aliphatic carbocycles. The lowest BCUT2D eigenvalue weighted by Gasteiger charge is -2.32. The number of benzene rings is 1. The summed E-state index contributed by atoms with van der Waals surface area (Å²) in [6, 6.07) is 11.4. The molecule has 0 unspecified atom stereocenters. The molecule has 0 radical (unpaired) electrons. The van der Waals surface area contributed by atoms with Crippen molar-refractivity contribution in [3.63, 3.8) is 0 Å². The Hall–Kier alpha value is -2.47. The molecule has 1 aromatic heterocycles. The minimum atomic E-state index is -0.217. The summed E-state index contributed by atoms with van der Waals surface area (Å²) in [6.07, 6.45) is -0.217. The quantitative estimate of drug-likeness (QED) is 0.921. The molecule has 1 fully saturated rings. The number of carbonyl (C=O) groups is 1. The molecule has 2 amide bonds. The molecular formula is C18H20N2O4. The molecule has 2 aromatic rings. The van der Waals surface area contributed by atoms with Crippen LogP contribution in [-0.2, 0) is 4.74 Å². The highest BCUT2D eigenvalue weighted by Gasteiger charge is 2.31. The summed E-state index contributed by atoms with van der Waals surface area (Å²) in [5.41, 5.74) is 1.03. The maximum atomic E-state index is 12.6. The number of rotatable bonds is 2. The zero-order valence-corrected chi connectivity index (χ0v) is 13.5. The summed E-state index contributed by atoms with van der Waals surface area (Å²) in [5, 5.41) is 3.06. The van der Waals surface area contributed by atoms with E-state index in [1.165, 1.54) is 0 Å². The van der Waals surface area contributed by atoms with Gasteiger partial charge in [0.1, 0.15) is 30.0 Å². The van der Waals surface area contributed by atoms with Crippen molar-refractivity contribution in [2.75, 3.05) is 26.3 Å². The SMILES string of the molecule is Cc1ccc([C@@H]2CN(C(=O)N[C@@H]3COc4ccccc43)CCO2)o1. The summed E-state index contributed by atoms with van der Waals surface area (Å²) in [4.78, 5) is 14.4.